The molecule has 0 saturated heterocycles. The maximum atomic E-state index is 12.8. The summed E-state index contributed by atoms with van der Waals surface area (Å²) in [5, 5.41) is 0. The molecule has 62 heavy (non-hydrogen) atoms. The molecule has 1 atom stereocenters. The maximum absolute atomic E-state index is 12.8. The Bertz CT molecular complexity index is 1220. The summed E-state index contributed by atoms with van der Waals surface area (Å²) >= 11 is 0. The predicted molar refractivity (Wildman–Crippen MR) is 265 cm³/mol. The van der Waals surface area contributed by atoms with Crippen LogP contribution < -0.4 is 0 Å². The van der Waals surface area contributed by atoms with Crippen LogP contribution in [0.5, 0.6) is 0 Å². The summed E-state index contributed by atoms with van der Waals surface area (Å²) in [5.74, 6) is -0.926. The molecule has 0 heterocycles. The van der Waals surface area contributed by atoms with Gasteiger partial charge < -0.3 is 14.2 Å². The van der Waals surface area contributed by atoms with Crippen LogP contribution >= 0.6 is 0 Å². The molecular formula is C56H94O6. The van der Waals surface area contributed by atoms with E-state index in [1.54, 1.807) is 0 Å². The number of hydrogen-bond donors (Lipinski definition) is 0. The van der Waals surface area contributed by atoms with Crippen molar-refractivity contribution in [3.63, 3.8) is 0 Å². The molecule has 0 radical (unpaired) electrons. The van der Waals surface area contributed by atoms with E-state index in [0.29, 0.717) is 19.3 Å². The van der Waals surface area contributed by atoms with Crippen molar-refractivity contribution in [1.82, 2.24) is 0 Å². The van der Waals surface area contributed by atoms with Crippen LogP contribution in [0.4, 0.5) is 0 Å². The molecule has 0 rings (SSSR count). The van der Waals surface area contributed by atoms with Gasteiger partial charge in [-0.2, -0.15) is 0 Å². The number of hydrogen-bond acceptors (Lipinski definition) is 6. The van der Waals surface area contributed by atoms with Gasteiger partial charge in [-0.25, -0.2) is 0 Å². The van der Waals surface area contributed by atoms with Crippen LogP contribution in [0.1, 0.15) is 233 Å². The Hall–Kier alpha value is -3.41. The smallest absolute Gasteiger partial charge is 0.306 e. The van der Waals surface area contributed by atoms with E-state index >= 15 is 0 Å². The van der Waals surface area contributed by atoms with Crippen LogP contribution in [0.3, 0.4) is 0 Å². The molecule has 6 nitrogen and oxygen atoms in total. The SMILES string of the molecule is CC/C=C\C/C=C\C/C=C\C/C=C\CCCCCCCCC(=O)OCC(COC(=O)CCCCCCCC)OC(=O)CCCCCCCC/C=C\C/C=C\C/C=C\CCCCC. The molecule has 6 heteroatoms. The normalized spacial score (nSPS) is 12.8. The van der Waals surface area contributed by atoms with E-state index in [0.717, 1.165) is 116 Å². The lowest BCUT2D eigenvalue weighted by Gasteiger charge is -2.18. The molecule has 0 spiro atoms. The van der Waals surface area contributed by atoms with E-state index in [9.17, 15) is 14.4 Å². The van der Waals surface area contributed by atoms with Crippen molar-refractivity contribution in [3.8, 4) is 0 Å². The summed E-state index contributed by atoms with van der Waals surface area (Å²) in [5.41, 5.74) is 0. The van der Waals surface area contributed by atoms with Crippen LogP contribution in [-0.4, -0.2) is 37.2 Å². The van der Waals surface area contributed by atoms with E-state index in [4.69, 9.17) is 14.2 Å². The highest BCUT2D eigenvalue weighted by Gasteiger charge is 2.19. The van der Waals surface area contributed by atoms with Gasteiger partial charge in [-0.15, -0.1) is 0 Å². The first-order valence-corrected chi connectivity index (χ1v) is 25.6. The second-order valence-corrected chi connectivity index (χ2v) is 16.7. The summed E-state index contributed by atoms with van der Waals surface area (Å²) < 4.78 is 16.7. The first-order valence-electron chi connectivity index (χ1n) is 25.6. The molecule has 1 unspecified atom stereocenters. The maximum Gasteiger partial charge on any atom is 0.306 e. The number of allylic oxidation sites excluding steroid dienone is 14. The molecule has 0 aliphatic rings. The van der Waals surface area contributed by atoms with Gasteiger partial charge >= 0.3 is 17.9 Å². The molecule has 0 aromatic carbocycles. The standard InChI is InChI=1S/C56H94O6/c1-4-7-10-13-16-18-20-22-24-26-28-30-32-34-36-38-40-43-46-49-55(58)61-52-53(51-60-54(57)48-45-42-15-12-9-6-3)62-56(59)50-47-44-41-39-37-35-33-31-29-27-25-23-21-19-17-14-11-8-5-2/h7,10,16-19,22-25,28-31,53H,4-6,8-9,11-15,20-21,26-27,32-52H2,1-3H3/b10-7-,18-16-,19-17-,24-22-,25-23-,30-28-,31-29-. The molecular weight excluding hydrogens is 769 g/mol. The first kappa shape index (κ1) is 58.6. The Morgan fingerprint density at radius 2 is 0.629 bits per heavy atom. The lowest BCUT2D eigenvalue weighted by Crippen LogP contribution is -2.30. The molecule has 0 saturated carbocycles. The van der Waals surface area contributed by atoms with Crippen molar-refractivity contribution in [2.24, 2.45) is 0 Å². The third-order valence-electron chi connectivity index (χ3n) is 10.6. The Morgan fingerprint density at radius 3 is 1.02 bits per heavy atom. The molecule has 0 aliphatic heterocycles. The molecule has 0 aromatic heterocycles. The van der Waals surface area contributed by atoms with Gasteiger partial charge in [0.05, 0.1) is 0 Å². The highest BCUT2D eigenvalue weighted by Crippen LogP contribution is 2.13. The Labute approximate surface area is 382 Å². The van der Waals surface area contributed by atoms with Crippen molar-refractivity contribution < 1.29 is 28.6 Å². The van der Waals surface area contributed by atoms with E-state index < -0.39 is 6.10 Å². The minimum absolute atomic E-state index is 0.0874. The zero-order chi connectivity index (χ0) is 45.1. The molecule has 0 N–H and O–H groups in total. The minimum Gasteiger partial charge on any atom is -0.462 e. The Kier molecular flexibility index (Phi) is 47.5. The second-order valence-electron chi connectivity index (χ2n) is 16.7. The summed E-state index contributed by atoms with van der Waals surface area (Å²) in [7, 11) is 0. The zero-order valence-electron chi connectivity index (χ0n) is 40.4. The fourth-order valence-corrected chi connectivity index (χ4v) is 6.79. The highest BCUT2D eigenvalue weighted by molar-refractivity contribution is 5.71. The van der Waals surface area contributed by atoms with Gasteiger partial charge in [-0.3, -0.25) is 14.4 Å². The predicted octanol–water partition coefficient (Wildman–Crippen LogP) is 16.8. The molecule has 0 bridgehead atoms. The molecule has 0 aromatic rings. The van der Waals surface area contributed by atoms with Crippen molar-refractivity contribution in [2.45, 2.75) is 239 Å². The number of carbonyl (C=O) groups excluding carboxylic acids is 3. The molecule has 0 fully saturated rings. The summed E-state index contributed by atoms with van der Waals surface area (Å²) in [6.45, 7) is 6.41. The van der Waals surface area contributed by atoms with Crippen LogP contribution in [0.2, 0.25) is 0 Å². The molecule has 354 valence electrons. The number of rotatable bonds is 45. The lowest BCUT2D eigenvalue weighted by atomic mass is 10.1. The van der Waals surface area contributed by atoms with Gasteiger partial charge in [0.1, 0.15) is 13.2 Å². The first-order chi connectivity index (χ1) is 30.5. The third kappa shape index (κ3) is 47.6. The van der Waals surface area contributed by atoms with Crippen LogP contribution in [-0.2, 0) is 28.6 Å². The zero-order valence-corrected chi connectivity index (χ0v) is 40.4. The van der Waals surface area contributed by atoms with E-state index in [-0.39, 0.29) is 31.1 Å². The van der Waals surface area contributed by atoms with Crippen LogP contribution in [0, 0.1) is 0 Å². The molecule has 0 aliphatic carbocycles. The average Bonchev–Trinajstić information content (AvgIpc) is 3.27. The minimum atomic E-state index is -0.786. The summed E-state index contributed by atoms with van der Waals surface area (Å²) in [4.78, 5) is 37.8. The number of unbranched alkanes of at least 4 members (excludes halogenated alkanes) is 20. The highest BCUT2D eigenvalue weighted by atomic mass is 16.6. The van der Waals surface area contributed by atoms with Gasteiger partial charge in [-0.1, -0.05) is 202 Å². The van der Waals surface area contributed by atoms with Gasteiger partial charge in [0.15, 0.2) is 6.10 Å². The topological polar surface area (TPSA) is 78.9 Å². The monoisotopic (exact) mass is 863 g/mol. The summed E-state index contributed by atoms with van der Waals surface area (Å²) in [6, 6.07) is 0. The third-order valence-corrected chi connectivity index (χ3v) is 10.6. The quantitative estimate of drug-likeness (QED) is 0.0263. The van der Waals surface area contributed by atoms with Crippen LogP contribution in [0.25, 0.3) is 0 Å². The van der Waals surface area contributed by atoms with Gasteiger partial charge in [0, 0.05) is 19.3 Å². The molecule has 0 amide bonds. The van der Waals surface area contributed by atoms with E-state index in [2.05, 4.69) is 106 Å². The van der Waals surface area contributed by atoms with Gasteiger partial charge in [-0.05, 0) is 96.3 Å². The van der Waals surface area contributed by atoms with Crippen molar-refractivity contribution in [3.05, 3.63) is 85.1 Å². The number of ether oxygens (including phenoxy) is 3. The van der Waals surface area contributed by atoms with Gasteiger partial charge in [0.2, 0.25) is 0 Å². The fourth-order valence-electron chi connectivity index (χ4n) is 6.79. The van der Waals surface area contributed by atoms with Crippen LogP contribution in [0.15, 0.2) is 85.1 Å². The largest absolute Gasteiger partial charge is 0.462 e. The van der Waals surface area contributed by atoms with Crippen molar-refractivity contribution in [1.29, 1.82) is 0 Å². The number of esters is 3. The average molecular weight is 863 g/mol. The van der Waals surface area contributed by atoms with E-state index in [1.165, 1.54) is 77.0 Å². The fraction of sp³-hybridized carbons (Fsp3) is 0.696. The second kappa shape index (κ2) is 50.2. The van der Waals surface area contributed by atoms with Gasteiger partial charge in [0.25, 0.3) is 0 Å². The van der Waals surface area contributed by atoms with E-state index in [1.807, 2.05) is 0 Å². The number of carbonyl (C=O) groups is 3. The van der Waals surface area contributed by atoms with Crippen molar-refractivity contribution in [2.75, 3.05) is 13.2 Å². The summed E-state index contributed by atoms with van der Waals surface area (Å²) in [6.07, 6.45) is 64.4. The lowest BCUT2D eigenvalue weighted by molar-refractivity contribution is -0.167. The van der Waals surface area contributed by atoms with Crippen molar-refractivity contribution >= 4 is 17.9 Å². The Morgan fingerprint density at radius 1 is 0.339 bits per heavy atom. The Balaban J connectivity index is 4.28.